The lowest BCUT2D eigenvalue weighted by molar-refractivity contribution is -0.123. The largest absolute Gasteiger partial charge is 0.484 e. The average molecular weight is 356 g/mol. The lowest BCUT2D eigenvalue weighted by Crippen LogP contribution is -2.24. The first-order valence-electron chi connectivity index (χ1n) is 7.80. The van der Waals surface area contributed by atoms with Crippen molar-refractivity contribution in [3.05, 3.63) is 64.8 Å². The van der Waals surface area contributed by atoms with E-state index < -0.39 is 0 Å². The van der Waals surface area contributed by atoms with Gasteiger partial charge in [-0.05, 0) is 31.2 Å². The first kappa shape index (κ1) is 17.0. The number of amides is 1. The van der Waals surface area contributed by atoms with Gasteiger partial charge < -0.3 is 9.30 Å². The zero-order valence-electron chi connectivity index (χ0n) is 14.0. The second kappa shape index (κ2) is 7.40. The molecule has 1 aromatic heterocycles. The highest BCUT2D eigenvalue weighted by atomic mass is 35.5. The predicted octanol–water partition coefficient (Wildman–Crippen LogP) is 3.67. The van der Waals surface area contributed by atoms with Gasteiger partial charge in [-0.2, -0.15) is 5.10 Å². The van der Waals surface area contributed by atoms with Crippen LogP contribution in [0.25, 0.3) is 10.9 Å². The Morgan fingerprint density at radius 2 is 2.08 bits per heavy atom. The molecule has 0 saturated carbocycles. The summed E-state index contributed by atoms with van der Waals surface area (Å²) in [6.45, 7) is 1.89. The Balaban J connectivity index is 1.63. The maximum atomic E-state index is 11.9. The molecule has 0 spiro atoms. The Morgan fingerprint density at radius 3 is 2.88 bits per heavy atom. The van der Waals surface area contributed by atoms with Crippen LogP contribution < -0.4 is 10.2 Å². The summed E-state index contributed by atoms with van der Waals surface area (Å²) in [4.78, 5) is 11.9. The summed E-state index contributed by atoms with van der Waals surface area (Å²) < 4.78 is 7.47. The van der Waals surface area contributed by atoms with E-state index in [9.17, 15) is 4.79 Å². The van der Waals surface area contributed by atoms with Gasteiger partial charge in [-0.15, -0.1) is 0 Å². The highest BCUT2D eigenvalue weighted by Crippen LogP contribution is 2.23. The SMILES string of the molecule is Cc1c(C=NNC(=O)COc2cccc(Cl)c2)c2ccccc2n1C. The van der Waals surface area contributed by atoms with Crippen LogP contribution in [0.1, 0.15) is 11.3 Å². The molecular formula is C19H18ClN3O2. The maximum Gasteiger partial charge on any atom is 0.277 e. The number of nitrogens with zero attached hydrogens (tertiary/aromatic N) is 2. The minimum Gasteiger partial charge on any atom is -0.484 e. The topological polar surface area (TPSA) is 55.6 Å². The molecule has 1 heterocycles. The Kier molecular flexibility index (Phi) is 5.05. The van der Waals surface area contributed by atoms with E-state index in [-0.39, 0.29) is 12.5 Å². The summed E-state index contributed by atoms with van der Waals surface area (Å²) in [5, 5.41) is 5.70. The second-order valence-electron chi connectivity index (χ2n) is 5.61. The van der Waals surface area contributed by atoms with E-state index in [0.717, 1.165) is 22.2 Å². The van der Waals surface area contributed by atoms with Crippen molar-refractivity contribution in [1.82, 2.24) is 9.99 Å². The monoisotopic (exact) mass is 355 g/mol. The summed E-state index contributed by atoms with van der Waals surface area (Å²) in [5.41, 5.74) is 5.66. The van der Waals surface area contributed by atoms with Crippen LogP contribution in [-0.4, -0.2) is 23.3 Å². The number of halogens is 1. The number of carbonyl (C=O) groups is 1. The molecule has 0 fully saturated rings. The lowest BCUT2D eigenvalue weighted by Gasteiger charge is -2.05. The first-order valence-corrected chi connectivity index (χ1v) is 8.18. The zero-order valence-corrected chi connectivity index (χ0v) is 14.7. The van der Waals surface area contributed by atoms with Crippen LogP contribution in [0.15, 0.2) is 53.6 Å². The Bertz CT molecular complexity index is 947. The molecule has 0 saturated heterocycles. The van der Waals surface area contributed by atoms with E-state index in [2.05, 4.69) is 21.2 Å². The third-order valence-electron chi connectivity index (χ3n) is 4.00. The summed E-state index contributed by atoms with van der Waals surface area (Å²) in [6.07, 6.45) is 1.66. The molecule has 25 heavy (non-hydrogen) atoms. The number of nitrogens with one attached hydrogen (secondary N) is 1. The maximum absolute atomic E-state index is 11.9. The minimum atomic E-state index is -0.339. The number of hydrogen-bond acceptors (Lipinski definition) is 3. The number of carbonyl (C=O) groups excluding carboxylic acids is 1. The van der Waals surface area contributed by atoms with E-state index in [0.29, 0.717) is 10.8 Å². The molecular weight excluding hydrogens is 338 g/mol. The number of aromatic nitrogens is 1. The van der Waals surface area contributed by atoms with Crippen molar-refractivity contribution < 1.29 is 9.53 Å². The van der Waals surface area contributed by atoms with Crippen LogP contribution in [0.2, 0.25) is 5.02 Å². The highest BCUT2D eigenvalue weighted by molar-refractivity contribution is 6.30. The van der Waals surface area contributed by atoms with Gasteiger partial charge in [0.15, 0.2) is 6.61 Å². The van der Waals surface area contributed by atoms with E-state index >= 15 is 0 Å². The molecule has 3 aromatic rings. The summed E-state index contributed by atoms with van der Waals surface area (Å²) in [6, 6.07) is 15.0. The molecule has 5 nitrogen and oxygen atoms in total. The van der Waals surface area contributed by atoms with Crippen LogP contribution in [0.5, 0.6) is 5.75 Å². The van der Waals surface area contributed by atoms with Gasteiger partial charge in [-0.1, -0.05) is 35.9 Å². The number of aryl methyl sites for hydroxylation is 1. The van der Waals surface area contributed by atoms with Crippen LogP contribution in [0.4, 0.5) is 0 Å². The number of para-hydroxylation sites is 1. The molecule has 1 amide bonds. The molecule has 0 aliphatic rings. The van der Waals surface area contributed by atoms with E-state index in [1.165, 1.54) is 0 Å². The molecule has 0 aliphatic heterocycles. The van der Waals surface area contributed by atoms with E-state index in [1.54, 1.807) is 30.5 Å². The van der Waals surface area contributed by atoms with Crippen molar-refractivity contribution >= 4 is 34.6 Å². The molecule has 128 valence electrons. The van der Waals surface area contributed by atoms with Crippen LogP contribution in [0.3, 0.4) is 0 Å². The Labute approximate surface area is 150 Å². The van der Waals surface area contributed by atoms with E-state index in [4.69, 9.17) is 16.3 Å². The van der Waals surface area contributed by atoms with Crippen LogP contribution in [-0.2, 0) is 11.8 Å². The summed E-state index contributed by atoms with van der Waals surface area (Å²) in [7, 11) is 2.01. The van der Waals surface area contributed by atoms with Crippen molar-refractivity contribution in [3.63, 3.8) is 0 Å². The lowest BCUT2D eigenvalue weighted by atomic mass is 10.1. The molecule has 6 heteroatoms. The van der Waals surface area contributed by atoms with Crippen molar-refractivity contribution in [1.29, 1.82) is 0 Å². The predicted molar refractivity (Wildman–Crippen MR) is 100 cm³/mol. The molecule has 0 atom stereocenters. The number of fused-ring (bicyclic) bond motifs is 1. The van der Waals surface area contributed by atoms with Crippen LogP contribution >= 0.6 is 11.6 Å². The quantitative estimate of drug-likeness (QED) is 0.561. The van der Waals surface area contributed by atoms with Gasteiger partial charge in [0.05, 0.1) is 6.21 Å². The van der Waals surface area contributed by atoms with Gasteiger partial charge in [-0.3, -0.25) is 4.79 Å². The van der Waals surface area contributed by atoms with E-state index in [1.807, 2.05) is 32.2 Å². The summed E-state index contributed by atoms with van der Waals surface area (Å²) in [5.74, 6) is 0.200. The van der Waals surface area contributed by atoms with Gasteiger partial charge >= 0.3 is 0 Å². The number of ether oxygens (including phenoxy) is 1. The number of rotatable bonds is 5. The molecule has 0 bridgehead atoms. The molecule has 0 aliphatic carbocycles. The normalized spacial score (nSPS) is 11.2. The minimum absolute atomic E-state index is 0.133. The number of benzene rings is 2. The van der Waals surface area contributed by atoms with Crippen molar-refractivity contribution in [2.45, 2.75) is 6.92 Å². The molecule has 0 unspecified atom stereocenters. The van der Waals surface area contributed by atoms with Crippen molar-refractivity contribution in [2.24, 2.45) is 12.1 Å². The fourth-order valence-electron chi connectivity index (χ4n) is 2.62. The Hall–Kier alpha value is -2.79. The van der Waals surface area contributed by atoms with Crippen molar-refractivity contribution in [3.8, 4) is 5.75 Å². The second-order valence-corrected chi connectivity index (χ2v) is 6.05. The fourth-order valence-corrected chi connectivity index (χ4v) is 2.80. The number of hydrogen-bond donors (Lipinski definition) is 1. The number of hydrazone groups is 1. The van der Waals surface area contributed by atoms with Gasteiger partial charge in [-0.25, -0.2) is 5.43 Å². The molecule has 0 radical (unpaired) electrons. The fraction of sp³-hybridized carbons (Fsp3) is 0.158. The first-order chi connectivity index (χ1) is 12.1. The average Bonchev–Trinajstić information content (AvgIpc) is 2.85. The zero-order chi connectivity index (χ0) is 17.8. The third-order valence-corrected chi connectivity index (χ3v) is 4.23. The molecule has 1 N–H and O–H groups in total. The van der Waals surface area contributed by atoms with Gasteiger partial charge in [0.2, 0.25) is 0 Å². The smallest absolute Gasteiger partial charge is 0.277 e. The van der Waals surface area contributed by atoms with Gasteiger partial charge in [0, 0.05) is 34.2 Å². The highest BCUT2D eigenvalue weighted by Gasteiger charge is 2.09. The third kappa shape index (κ3) is 3.83. The summed E-state index contributed by atoms with van der Waals surface area (Å²) >= 11 is 5.87. The van der Waals surface area contributed by atoms with Gasteiger partial charge in [0.1, 0.15) is 5.75 Å². The standard InChI is InChI=1S/C19H18ClN3O2/c1-13-17(16-8-3-4-9-18(16)23(13)2)11-21-22-19(24)12-25-15-7-5-6-14(20)10-15/h3-11H,12H2,1-2H3,(H,22,24). The van der Waals surface area contributed by atoms with Crippen LogP contribution in [0, 0.1) is 6.92 Å². The molecule has 3 rings (SSSR count). The molecule has 2 aromatic carbocycles. The Morgan fingerprint density at radius 1 is 1.28 bits per heavy atom. The van der Waals surface area contributed by atoms with Gasteiger partial charge in [0.25, 0.3) is 5.91 Å². The van der Waals surface area contributed by atoms with Crippen molar-refractivity contribution in [2.75, 3.05) is 6.61 Å².